The van der Waals surface area contributed by atoms with E-state index in [1.54, 1.807) is 36.4 Å². The number of amides is 1. The van der Waals surface area contributed by atoms with Gasteiger partial charge < -0.3 is 10.1 Å². The van der Waals surface area contributed by atoms with Gasteiger partial charge in [-0.05, 0) is 62.2 Å². The van der Waals surface area contributed by atoms with E-state index in [0.717, 1.165) is 0 Å². The van der Waals surface area contributed by atoms with Crippen LogP contribution in [-0.2, 0) is 10.0 Å². The fraction of sp³-hybridized carbons (Fsp3) is 0.350. The average Bonchev–Trinajstić information content (AvgIpc) is 2.63. The van der Waals surface area contributed by atoms with Gasteiger partial charge in [0.25, 0.3) is 15.9 Å². The predicted octanol–water partition coefficient (Wildman–Crippen LogP) is 3.66. The van der Waals surface area contributed by atoms with E-state index in [9.17, 15) is 13.2 Å². The summed E-state index contributed by atoms with van der Waals surface area (Å²) >= 11 is 0. The maximum absolute atomic E-state index is 12.6. The maximum atomic E-state index is 12.6. The van der Waals surface area contributed by atoms with Crippen LogP contribution >= 0.6 is 0 Å². The fourth-order valence-corrected chi connectivity index (χ4v) is 3.37. The Hall–Kier alpha value is -2.54. The molecule has 0 saturated carbocycles. The molecule has 0 aromatic heterocycles. The van der Waals surface area contributed by atoms with Crippen molar-refractivity contribution >= 4 is 21.6 Å². The maximum Gasteiger partial charge on any atom is 0.261 e. The van der Waals surface area contributed by atoms with Gasteiger partial charge in [0.05, 0.1) is 11.5 Å². The minimum Gasteiger partial charge on any atom is -0.494 e. The average molecular weight is 391 g/mol. The Bertz CT molecular complexity index is 877. The van der Waals surface area contributed by atoms with E-state index in [-0.39, 0.29) is 22.8 Å². The second kappa shape index (κ2) is 8.90. The molecule has 2 rings (SSSR count). The molecule has 0 aliphatic rings. The van der Waals surface area contributed by atoms with Crippen molar-refractivity contribution in [2.45, 2.75) is 38.6 Å². The summed E-state index contributed by atoms with van der Waals surface area (Å²) in [4.78, 5) is 12.4. The smallest absolute Gasteiger partial charge is 0.261 e. The Morgan fingerprint density at radius 2 is 1.74 bits per heavy atom. The number of sulfonamides is 1. The molecule has 1 amide bonds. The molecule has 1 unspecified atom stereocenters. The molecule has 146 valence electrons. The zero-order valence-corrected chi connectivity index (χ0v) is 16.8. The van der Waals surface area contributed by atoms with Crippen molar-refractivity contribution in [1.82, 2.24) is 5.32 Å². The van der Waals surface area contributed by atoms with Gasteiger partial charge in [0.2, 0.25) is 0 Å². The molecule has 0 bridgehead atoms. The van der Waals surface area contributed by atoms with Crippen LogP contribution in [0.25, 0.3) is 0 Å². The topological polar surface area (TPSA) is 84.5 Å². The van der Waals surface area contributed by atoms with Crippen LogP contribution in [0.1, 0.15) is 38.1 Å². The van der Waals surface area contributed by atoms with Gasteiger partial charge in [-0.25, -0.2) is 8.42 Å². The minimum atomic E-state index is -3.81. The molecular weight excluding hydrogens is 364 g/mol. The van der Waals surface area contributed by atoms with Gasteiger partial charge in [-0.3, -0.25) is 9.52 Å². The molecule has 0 aliphatic carbocycles. The summed E-state index contributed by atoms with van der Waals surface area (Å²) in [5.74, 6) is 0.648. The van der Waals surface area contributed by atoms with Gasteiger partial charge >= 0.3 is 0 Å². The zero-order valence-electron chi connectivity index (χ0n) is 16.0. The number of ether oxygens (including phenoxy) is 1. The first-order valence-corrected chi connectivity index (χ1v) is 10.4. The minimum absolute atomic E-state index is 0.0141. The van der Waals surface area contributed by atoms with Crippen LogP contribution in [0.2, 0.25) is 0 Å². The first-order chi connectivity index (χ1) is 12.7. The number of rotatable bonds is 8. The normalized spacial score (nSPS) is 12.5. The van der Waals surface area contributed by atoms with Crippen LogP contribution < -0.4 is 14.8 Å². The van der Waals surface area contributed by atoms with E-state index < -0.39 is 10.0 Å². The highest BCUT2D eigenvalue weighted by Gasteiger charge is 2.18. The third-order valence-corrected chi connectivity index (χ3v) is 5.56. The molecule has 0 aliphatic heterocycles. The lowest BCUT2D eigenvalue weighted by Gasteiger charge is -2.17. The van der Waals surface area contributed by atoms with Crippen molar-refractivity contribution < 1.29 is 17.9 Å². The van der Waals surface area contributed by atoms with Crippen molar-refractivity contribution in [3.8, 4) is 5.75 Å². The number of benzene rings is 2. The van der Waals surface area contributed by atoms with E-state index in [4.69, 9.17) is 4.74 Å². The van der Waals surface area contributed by atoms with Crippen LogP contribution in [0.4, 0.5) is 5.69 Å². The predicted molar refractivity (Wildman–Crippen MR) is 107 cm³/mol. The highest BCUT2D eigenvalue weighted by molar-refractivity contribution is 7.92. The Balaban J connectivity index is 2.17. The zero-order chi connectivity index (χ0) is 20.0. The molecule has 2 aromatic rings. The number of carbonyl (C=O) groups excluding carboxylic acids is 1. The summed E-state index contributed by atoms with van der Waals surface area (Å²) in [7, 11) is -3.81. The molecule has 0 heterocycles. The van der Waals surface area contributed by atoms with Crippen LogP contribution in [-0.4, -0.2) is 27.0 Å². The lowest BCUT2D eigenvalue weighted by Crippen LogP contribution is -2.36. The summed E-state index contributed by atoms with van der Waals surface area (Å²) in [6.45, 7) is 8.34. The van der Waals surface area contributed by atoms with E-state index >= 15 is 0 Å². The first kappa shape index (κ1) is 20.8. The standard InChI is InChI=1S/C20H26N2O4S/c1-5-26-18-11-9-17(10-12-18)22-27(24,25)19-8-6-7-16(13-19)20(23)21-15(4)14(2)3/h6-15,22H,5H2,1-4H3,(H,21,23). The van der Waals surface area contributed by atoms with Gasteiger partial charge in [0.15, 0.2) is 0 Å². The molecule has 2 N–H and O–H groups in total. The Kier molecular flexibility index (Phi) is 6.85. The van der Waals surface area contributed by atoms with Crippen LogP contribution in [0.5, 0.6) is 5.75 Å². The van der Waals surface area contributed by atoms with Gasteiger partial charge in [0.1, 0.15) is 5.75 Å². The Labute approximate surface area is 161 Å². The first-order valence-electron chi connectivity index (χ1n) is 8.89. The van der Waals surface area contributed by atoms with Gasteiger partial charge in [-0.15, -0.1) is 0 Å². The van der Waals surface area contributed by atoms with Gasteiger partial charge in [0, 0.05) is 17.3 Å². The van der Waals surface area contributed by atoms with E-state index in [2.05, 4.69) is 10.0 Å². The molecule has 7 heteroatoms. The van der Waals surface area contributed by atoms with E-state index in [0.29, 0.717) is 23.6 Å². The van der Waals surface area contributed by atoms with E-state index in [1.807, 2.05) is 27.7 Å². The summed E-state index contributed by atoms with van der Waals surface area (Å²) in [6, 6.07) is 12.6. The summed E-state index contributed by atoms with van der Waals surface area (Å²) in [5, 5.41) is 2.87. The molecule has 0 saturated heterocycles. The summed E-state index contributed by atoms with van der Waals surface area (Å²) in [6.07, 6.45) is 0. The van der Waals surface area contributed by atoms with Crippen molar-refractivity contribution in [3.05, 3.63) is 54.1 Å². The molecule has 2 aromatic carbocycles. The highest BCUT2D eigenvalue weighted by Crippen LogP contribution is 2.20. The van der Waals surface area contributed by atoms with Gasteiger partial charge in [-0.2, -0.15) is 0 Å². The van der Waals surface area contributed by atoms with Crippen LogP contribution in [0.3, 0.4) is 0 Å². The van der Waals surface area contributed by atoms with Gasteiger partial charge in [-0.1, -0.05) is 19.9 Å². The highest BCUT2D eigenvalue weighted by atomic mass is 32.2. The third kappa shape index (κ3) is 5.72. The molecule has 0 radical (unpaired) electrons. The van der Waals surface area contributed by atoms with Crippen molar-refractivity contribution in [3.63, 3.8) is 0 Å². The van der Waals surface area contributed by atoms with Crippen molar-refractivity contribution in [1.29, 1.82) is 0 Å². The lowest BCUT2D eigenvalue weighted by molar-refractivity contribution is 0.0930. The number of anilines is 1. The lowest BCUT2D eigenvalue weighted by atomic mass is 10.1. The summed E-state index contributed by atoms with van der Waals surface area (Å²) in [5.41, 5.74) is 0.721. The van der Waals surface area contributed by atoms with Crippen molar-refractivity contribution in [2.75, 3.05) is 11.3 Å². The Morgan fingerprint density at radius 3 is 2.33 bits per heavy atom. The second-order valence-electron chi connectivity index (χ2n) is 6.60. The Morgan fingerprint density at radius 1 is 1.07 bits per heavy atom. The molecular formula is C20H26N2O4S. The monoisotopic (exact) mass is 390 g/mol. The van der Waals surface area contributed by atoms with Crippen LogP contribution in [0, 0.1) is 5.92 Å². The number of nitrogens with one attached hydrogen (secondary N) is 2. The third-order valence-electron chi connectivity index (χ3n) is 4.18. The second-order valence-corrected chi connectivity index (χ2v) is 8.28. The molecule has 1 atom stereocenters. The van der Waals surface area contributed by atoms with Crippen LogP contribution in [0.15, 0.2) is 53.4 Å². The molecule has 6 nitrogen and oxygen atoms in total. The quantitative estimate of drug-likeness (QED) is 0.720. The molecule has 0 fully saturated rings. The number of hydrogen-bond donors (Lipinski definition) is 2. The summed E-state index contributed by atoms with van der Waals surface area (Å²) < 4.78 is 33.1. The number of hydrogen-bond acceptors (Lipinski definition) is 4. The largest absolute Gasteiger partial charge is 0.494 e. The molecule has 27 heavy (non-hydrogen) atoms. The van der Waals surface area contributed by atoms with Crippen molar-refractivity contribution in [2.24, 2.45) is 5.92 Å². The SMILES string of the molecule is CCOc1ccc(NS(=O)(=O)c2cccc(C(=O)NC(C)C(C)C)c2)cc1. The molecule has 0 spiro atoms. The van der Waals surface area contributed by atoms with E-state index in [1.165, 1.54) is 12.1 Å². The number of carbonyl (C=O) groups is 1. The fourth-order valence-electron chi connectivity index (χ4n) is 2.26.